The van der Waals surface area contributed by atoms with Gasteiger partial charge in [0.2, 0.25) is 0 Å². The molecule has 1 aliphatic carbocycles. The van der Waals surface area contributed by atoms with Crippen LogP contribution < -0.4 is 5.73 Å². The Morgan fingerprint density at radius 2 is 1.81 bits per heavy atom. The smallest absolute Gasteiger partial charge is 0.410 e. The van der Waals surface area contributed by atoms with Gasteiger partial charge in [0.05, 0.1) is 0 Å². The predicted octanol–water partition coefficient (Wildman–Crippen LogP) is 1.88. The van der Waals surface area contributed by atoms with E-state index in [1.807, 2.05) is 0 Å². The summed E-state index contributed by atoms with van der Waals surface area (Å²) >= 11 is 0. The molecular weight excluding hydrogens is 204 g/mol. The number of ether oxygens (including phenoxy) is 1. The Balaban J connectivity index is 1.77. The van der Waals surface area contributed by atoms with Crippen molar-refractivity contribution in [3.05, 3.63) is 0 Å². The fraction of sp³-hybridized carbons (Fsp3) is 0.917. The predicted molar refractivity (Wildman–Crippen MR) is 62.1 cm³/mol. The molecule has 2 fully saturated rings. The van der Waals surface area contributed by atoms with Gasteiger partial charge in [0.25, 0.3) is 0 Å². The van der Waals surface area contributed by atoms with Crippen LogP contribution in [0.15, 0.2) is 0 Å². The van der Waals surface area contributed by atoms with Crippen molar-refractivity contribution in [1.29, 1.82) is 0 Å². The second-order valence-corrected chi connectivity index (χ2v) is 4.99. The van der Waals surface area contributed by atoms with E-state index in [0.29, 0.717) is 6.54 Å². The van der Waals surface area contributed by atoms with Crippen LogP contribution >= 0.6 is 0 Å². The monoisotopic (exact) mass is 226 g/mol. The average molecular weight is 226 g/mol. The second-order valence-electron chi connectivity index (χ2n) is 4.99. The Morgan fingerprint density at radius 1 is 1.12 bits per heavy atom. The van der Waals surface area contributed by atoms with E-state index in [9.17, 15) is 4.79 Å². The highest BCUT2D eigenvalue weighted by molar-refractivity contribution is 5.68. The Hall–Kier alpha value is -0.770. The fourth-order valence-corrected chi connectivity index (χ4v) is 2.53. The zero-order valence-corrected chi connectivity index (χ0v) is 9.86. The van der Waals surface area contributed by atoms with Gasteiger partial charge in [-0.25, -0.2) is 4.79 Å². The lowest BCUT2D eigenvalue weighted by molar-refractivity contribution is 0.0613. The van der Waals surface area contributed by atoms with E-state index in [-0.39, 0.29) is 18.2 Å². The van der Waals surface area contributed by atoms with Crippen molar-refractivity contribution in [1.82, 2.24) is 4.90 Å². The van der Waals surface area contributed by atoms with Crippen LogP contribution in [0.1, 0.15) is 44.9 Å². The molecule has 0 aromatic rings. The molecule has 0 aromatic carbocycles. The minimum atomic E-state index is -0.153. The maximum absolute atomic E-state index is 11.8. The van der Waals surface area contributed by atoms with Crippen molar-refractivity contribution in [2.45, 2.75) is 57.1 Å². The summed E-state index contributed by atoms with van der Waals surface area (Å²) < 4.78 is 5.54. The van der Waals surface area contributed by atoms with Gasteiger partial charge < -0.3 is 15.4 Å². The summed E-state index contributed by atoms with van der Waals surface area (Å²) in [6.07, 6.45) is 7.91. The third-order valence-electron chi connectivity index (χ3n) is 3.55. The molecule has 0 bridgehead atoms. The maximum atomic E-state index is 11.8. The Morgan fingerprint density at radius 3 is 2.38 bits per heavy atom. The van der Waals surface area contributed by atoms with Gasteiger partial charge in [0.15, 0.2) is 0 Å². The molecule has 92 valence electrons. The molecule has 0 spiro atoms. The number of nitrogens with two attached hydrogens (primary N) is 1. The molecule has 1 aliphatic heterocycles. The quantitative estimate of drug-likeness (QED) is 0.694. The van der Waals surface area contributed by atoms with Gasteiger partial charge in [0.1, 0.15) is 6.10 Å². The van der Waals surface area contributed by atoms with E-state index in [2.05, 4.69) is 0 Å². The molecule has 0 unspecified atom stereocenters. The number of carbonyl (C=O) groups is 1. The standard InChI is InChI=1S/C12H22N2O2/c13-10-7-8-14(9-10)12(15)16-11-5-3-1-2-4-6-11/h10-11H,1-9,13H2/t10-/m1/s1. The first-order valence-corrected chi connectivity index (χ1v) is 6.47. The van der Waals surface area contributed by atoms with Crippen LogP contribution in [-0.4, -0.2) is 36.2 Å². The minimum absolute atomic E-state index is 0.140. The Kier molecular flexibility index (Phi) is 4.04. The first-order valence-electron chi connectivity index (χ1n) is 6.47. The van der Waals surface area contributed by atoms with E-state index in [1.54, 1.807) is 4.90 Å². The van der Waals surface area contributed by atoms with Crippen LogP contribution in [0.3, 0.4) is 0 Å². The lowest BCUT2D eigenvalue weighted by atomic mass is 10.2. The number of likely N-dealkylation sites (tertiary alicyclic amines) is 1. The highest BCUT2D eigenvalue weighted by Gasteiger charge is 2.26. The second kappa shape index (κ2) is 5.53. The lowest BCUT2D eigenvalue weighted by Crippen LogP contribution is -2.34. The molecule has 1 atom stereocenters. The van der Waals surface area contributed by atoms with E-state index in [1.165, 1.54) is 25.7 Å². The molecule has 0 aromatic heterocycles. The van der Waals surface area contributed by atoms with Crippen molar-refractivity contribution in [3.8, 4) is 0 Å². The van der Waals surface area contributed by atoms with E-state index < -0.39 is 0 Å². The molecule has 1 heterocycles. The first kappa shape index (κ1) is 11.7. The molecule has 2 N–H and O–H groups in total. The summed E-state index contributed by atoms with van der Waals surface area (Å²) in [6, 6.07) is 0.140. The van der Waals surface area contributed by atoms with Gasteiger partial charge in [-0.1, -0.05) is 12.8 Å². The van der Waals surface area contributed by atoms with Gasteiger partial charge in [-0.05, 0) is 32.1 Å². The zero-order valence-electron chi connectivity index (χ0n) is 9.86. The number of rotatable bonds is 1. The van der Waals surface area contributed by atoms with E-state index in [0.717, 1.165) is 25.8 Å². The molecule has 1 saturated heterocycles. The number of hydrogen-bond acceptors (Lipinski definition) is 3. The summed E-state index contributed by atoms with van der Waals surface area (Å²) in [5, 5.41) is 0. The van der Waals surface area contributed by atoms with Crippen molar-refractivity contribution >= 4 is 6.09 Å². The molecule has 4 nitrogen and oxygen atoms in total. The molecule has 1 amide bonds. The van der Waals surface area contributed by atoms with E-state index >= 15 is 0 Å². The van der Waals surface area contributed by atoms with Crippen LogP contribution in [0.4, 0.5) is 4.79 Å². The first-order chi connectivity index (χ1) is 7.75. The molecule has 2 aliphatic rings. The molecule has 4 heteroatoms. The Bertz CT molecular complexity index is 237. The number of amides is 1. The number of hydrogen-bond donors (Lipinski definition) is 1. The highest BCUT2D eigenvalue weighted by Crippen LogP contribution is 2.21. The SMILES string of the molecule is N[C@@H]1CCN(C(=O)OC2CCCCCC2)C1. The van der Waals surface area contributed by atoms with Crippen molar-refractivity contribution in [3.63, 3.8) is 0 Å². The summed E-state index contributed by atoms with van der Waals surface area (Å²) in [6.45, 7) is 1.41. The molecule has 1 saturated carbocycles. The summed E-state index contributed by atoms with van der Waals surface area (Å²) in [5.41, 5.74) is 5.77. The minimum Gasteiger partial charge on any atom is -0.446 e. The zero-order chi connectivity index (χ0) is 11.4. The van der Waals surface area contributed by atoms with Crippen LogP contribution in [-0.2, 0) is 4.74 Å². The van der Waals surface area contributed by atoms with E-state index in [4.69, 9.17) is 10.5 Å². The third-order valence-corrected chi connectivity index (χ3v) is 3.55. The van der Waals surface area contributed by atoms with Crippen LogP contribution in [0.2, 0.25) is 0 Å². The lowest BCUT2D eigenvalue weighted by Gasteiger charge is -2.21. The largest absolute Gasteiger partial charge is 0.446 e. The number of nitrogens with zero attached hydrogens (tertiary/aromatic N) is 1. The van der Waals surface area contributed by atoms with Crippen molar-refractivity contribution in [2.24, 2.45) is 5.73 Å². The van der Waals surface area contributed by atoms with Crippen LogP contribution in [0.5, 0.6) is 0 Å². The average Bonchev–Trinajstić information content (AvgIpc) is 2.54. The summed E-state index contributed by atoms with van der Waals surface area (Å²) in [4.78, 5) is 13.6. The van der Waals surface area contributed by atoms with Crippen molar-refractivity contribution in [2.75, 3.05) is 13.1 Å². The normalized spacial score (nSPS) is 27.8. The van der Waals surface area contributed by atoms with Gasteiger partial charge in [-0.15, -0.1) is 0 Å². The Labute approximate surface area is 97.1 Å². The van der Waals surface area contributed by atoms with Gasteiger partial charge in [-0.2, -0.15) is 0 Å². The molecule has 0 radical (unpaired) electrons. The van der Waals surface area contributed by atoms with Crippen LogP contribution in [0.25, 0.3) is 0 Å². The van der Waals surface area contributed by atoms with Crippen LogP contribution in [0, 0.1) is 0 Å². The summed E-state index contributed by atoms with van der Waals surface area (Å²) in [5.74, 6) is 0. The van der Waals surface area contributed by atoms with Gasteiger partial charge in [-0.3, -0.25) is 0 Å². The maximum Gasteiger partial charge on any atom is 0.410 e. The highest BCUT2D eigenvalue weighted by atomic mass is 16.6. The van der Waals surface area contributed by atoms with Gasteiger partial charge in [0, 0.05) is 19.1 Å². The van der Waals surface area contributed by atoms with Crippen molar-refractivity contribution < 1.29 is 9.53 Å². The summed E-state index contributed by atoms with van der Waals surface area (Å²) in [7, 11) is 0. The number of carbonyl (C=O) groups excluding carboxylic acids is 1. The topological polar surface area (TPSA) is 55.6 Å². The molecular formula is C12H22N2O2. The van der Waals surface area contributed by atoms with Gasteiger partial charge >= 0.3 is 6.09 Å². The molecule has 16 heavy (non-hydrogen) atoms. The third kappa shape index (κ3) is 3.11. The fourth-order valence-electron chi connectivity index (χ4n) is 2.53. The molecule has 2 rings (SSSR count).